The molecule has 122 valence electrons. The summed E-state index contributed by atoms with van der Waals surface area (Å²) in [5, 5.41) is 9.41. The van der Waals surface area contributed by atoms with Crippen LogP contribution in [0, 0.1) is 17.8 Å². The molecular formula is C17H31NO3. The molecule has 21 heavy (non-hydrogen) atoms. The first-order valence-electron chi connectivity index (χ1n) is 8.60. The first-order valence-corrected chi connectivity index (χ1v) is 8.60. The van der Waals surface area contributed by atoms with Crippen molar-refractivity contribution in [1.29, 1.82) is 0 Å². The molecule has 0 amide bonds. The van der Waals surface area contributed by atoms with Crippen molar-refractivity contribution in [3.8, 4) is 0 Å². The Morgan fingerprint density at radius 1 is 1.24 bits per heavy atom. The Kier molecular flexibility index (Phi) is 6.06. The number of aliphatic carboxylic acids is 1. The molecule has 1 N–H and O–H groups in total. The van der Waals surface area contributed by atoms with Crippen LogP contribution in [0.2, 0.25) is 0 Å². The highest BCUT2D eigenvalue weighted by atomic mass is 16.5. The molecule has 2 unspecified atom stereocenters. The molecule has 2 rings (SSSR count). The standard InChI is InChI=1S/C17H31NO3/c1-4-9-18(16-11-21-10-15(16)17(19)20)14-7-5-13(6-8-14)12(2)3/h12-16H,4-11H2,1-3H3,(H,19,20). The molecule has 4 heteroatoms. The van der Waals surface area contributed by atoms with E-state index in [1.54, 1.807) is 0 Å². The van der Waals surface area contributed by atoms with Crippen molar-refractivity contribution >= 4 is 5.97 Å². The number of carbonyl (C=O) groups is 1. The van der Waals surface area contributed by atoms with Crippen molar-refractivity contribution in [2.24, 2.45) is 17.8 Å². The molecule has 2 atom stereocenters. The van der Waals surface area contributed by atoms with E-state index < -0.39 is 5.97 Å². The third-order valence-electron chi connectivity index (χ3n) is 5.43. The zero-order valence-electron chi connectivity index (χ0n) is 13.8. The largest absolute Gasteiger partial charge is 0.481 e. The van der Waals surface area contributed by atoms with Gasteiger partial charge in [0.15, 0.2) is 0 Å². The SMILES string of the molecule is CCCN(C1CCC(C(C)C)CC1)C1COCC1C(=O)O. The van der Waals surface area contributed by atoms with Crippen LogP contribution in [0.4, 0.5) is 0 Å². The summed E-state index contributed by atoms with van der Waals surface area (Å²) in [6.07, 6.45) is 6.08. The van der Waals surface area contributed by atoms with E-state index in [2.05, 4.69) is 25.7 Å². The number of hydrogen-bond donors (Lipinski definition) is 1. The predicted molar refractivity (Wildman–Crippen MR) is 83.3 cm³/mol. The van der Waals surface area contributed by atoms with Crippen LogP contribution in [0.5, 0.6) is 0 Å². The number of ether oxygens (including phenoxy) is 1. The van der Waals surface area contributed by atoms with Crippen molar-refractivity contribution in [1.82, 2.24) is 4.90 Å². The fourth-order valence-electron chi connectivity index (χ4n) is 4.08. The Labute approximate surface area is 128 Å². The van der Waals surface area contributed by atoms with Gasteiger partial charge in [0, 0.05) is 12.1 Å². The summed E-state index contributed by atoms with van der Waals surface area (Å²) >= 11 is 0. The predicted octanol–water partition coefficient (Wildman–Crippen LogP) is 3.01. The molecule has 1 heterocycles. The first kappa shape index (κ1) is 16.8. The van der Waals surface area contributed by atoms with Gasteiger partial charge in [-0.2, -0.15) is 0 Å². The second-order valence-corrected chi connectivity index (χ2v) is 7.10. The van der Waals surface area contributed by atoms with E-state index in [-0.39, 0.29) is 12.0 Å². The van der Waals surface area contributed by atoms with Crippen molar-refractivity contribution in [2.75, 3.05) is 19.8 Å². The second-order valence-electron chi connectivity index (χ2n) is 7.10. The van der Waals surface area contributed by atoms with Gasteiger partial charge in [0.2, 0.25) is 0 Å². The van der Waals surface area contributed by atoms with Crippen LogP contribution >= 0.6 is 0 Å². The van der Waals surface area contributed by atoms with Gasteiger partial charge in [0.25, 0.3) is 0 Å². The highest BCUT2D eigenvalue weighted by Crippen LogP contribution is 2.34. The van der Waals surface area contributed by atoms with Gasteiger partial charge in [-0.15, -0.1) is 0 Å². The van der Waals surface area contributed by atoms with Crippen LogP contribution in [-0.2, 0) is 9.53 Å². The van der Waals surface area contributed by atoms with Crippen LogP contribution in [0.25, 0.3) is 0 Å². The number of carboxylic acid groups (broad SMARTS) is 1. The lowest BCUT2D eigenvalue weighted by atomic mass is 9.78. The fourth-order valence-corrected chi connectivity index (χ4v) is 4.08. The maximum atomic E-state index is 11.4. The van der Waals surface area contributed by atoms with Crippen LogP contribution in [0.3, 0.4) is 0 Å². The molecule has 0 spiro atoms. The van der Waals surface area contributed by atoms with Crippen molar-refractivity contribution < 1.29 is 14.6 Å². The molecule has 1 aliphatic carbocycles. The van der Waals surface area contributed by atoms with E-state index in [9.17, 15) is 9.90 Å². The fraction of sp³-hybridized carbons (Fsp3) is 0.941. The quantitative estimate of drug-likeness (QED) is 0.819. The minimum absolute atomic E-state index is 0.0723. The van der Waals surface area contributed by atoms with Gasteiger partial charge < -0.3 is 9.84 Å². The molecule has 0 aromatic carbocycles. The Morgan fingerprint density at radius 2 is 1.90 bits per heavy atom. The van der Waals surface area contributed by atoms with E-state index in [0.717, 1.165) is 24.8 Å². The summed E-state index contributed by atoms with van der Waals surface area (Å²) in [4.78, 5) is 13.9. The van der Waals surface area contributed by atoms with Crippen molar-refractivity contribution in [3.63, 3.8) is 0 Å². The number of nitrogens with zero attached hydrogens (tertiary/aromatic N) is 1. The molecule has 4 nitrogen and oxygen atoms in total. The van der Waals surface area contributed by atoms with Gasteiger partial charge >= 0.3 is 5.97 Å². The van der Waals surface area contributed by atoms with E-state index >= 15 is 0 Å². The van der Waals surface area contributed by atoms with Gasteiger partial charge in [-0.25, -0.2) is 0 Å². The highest BCUT2D eigenvalue weighted by molar-refractivity contribution is 5.71. The molecule has 1 saturated heterocycles. The first-order chi connectivity index (χ1) is 10.0. The molecule has 0 aromatic heterocycles. The third-order valence-corrected chi connectivity index (χ3v) is 5.43. The third kappa shape index (κ3) is 3.98. The van der Waals surface area contributed by atoms with Crippen LogP contribution in [0.1, 0.15) is 52.9 Å². The molecule has 1 saturated carbocycles. The number of hydrogen-bond acceptors (Lipinski definition) is 3. The molecule has 0 aromatic rings. The molecule has 0 radical (unpaired) electrons. The highest BCUT2D eigenvalue weighted by Gasteiger charge is 2.41. The van der Waals surface area contributed by atoms with Crippen molar-refractivity contribution in [3.05, 3.63) is 0 Å². The Morgan fingerprint density at radius 3 is 2.43 bits per heavy atom. The van der Waals surface area contributed by atoms with Gasteiger partial charge in [0.05, 0.1) is 19.1 Å². The maximum absolute atomic E-state index is 11.4. The molecule has 2 aliphatic rings. The molecular weight excluding hydrogens is 266 g/mol. The minimum atomic E-state index is -0.700. The van der Waals surface area contributed by atoms with Crippen molar-refractivity contribution in [2.45, 2.75) is 65.0 Å². The normalized spacial score (nSPS) is 33.8. The Hall–Kier alpha value is -0.610. The smallest absolute Gasteiger partial charge is 0.310 e. The minimum Gasteiger partial charge on any atom is -0.481 e. The molecule has 1 aliphatic heterocycles. The Balaban J connectivity index is 2.00. The van der Waals surface area contributed by atoms with E-state index in [0.29, 0.717) is 19.3 Å². The van der Waals surface area contributed by atoms with Crippen LogP contribution in [-0.4, -0.2) is 47.8 Å². The zero-order chi connectivity index (χ0) is 15.4. The summed E-state index contributed by atoms with van der Waals surface area (Å²) in [6, 6.07) is 0.622. The number of carboxylic acids is 1. The lowest BCUT2D eigenvalue weighted by molar-refractivity contribution is -0.143. The summed E-state index contributed by atoms with van der Waals surface area (Å²) in [6.45, 7) is 8.77. The second kappa shape index (κ2) is 7.59. The summed E-state index contributed by atoms with van der Waals surface area (Å²) in [7, 11) is 0. The summed E-state index contributed by atoms with van der Waals surface area (Å²) in [5.74, 6) is 0.570. The van der Waals surface area contributed by atoms with Gasteiger partial charge in [-0.1, -0.05) is 20.8 Å². The van der Waals surface area contributed by atoms with E-state index in [1.807, 2.05) is 0 Å². The van der Waals surface area contributed by atoms with Gasteiger partial charge in [0.1, 0.15) is 0 Å². The molecule has 0 bridgehead atoms. The van der Waals surface area contributed by atoms with Gasteiger partial charge in [-0.3, -0.25) is 9.69 Å². The molecule has 2 fully saturated rings. The average molecular weight is 297 g/mol. The average Bonchev–Trinajstić information content (AvgIpc) is 2.94. The lowest BCUT2D eigenvalue weighted by Gasteiger charge is -2.41. The van der Waals surface area contributed by atoms with E-state index in [4.69, 9.17) is 4.74 Å². The summed E-state index contributed by atoms with van der Waals surface area (Å²) < 4.78 is 5.49. The van der Waals surface area contributed by atoms with Crippen LogP contribution < -0.4 is 0 Å². The zero-order valence-corrected chi connectivity index (χ0v) is 13.8. The Bertz CT molecular complexity index is 337. The van der Waals surface area contributed by atoms with Gasteiger partial charge in [-0.05, 0) is 50.5 Å². The topological polar surface area (TPSA) is 49.8 Å². The van der Waals surface area contributed by atoms with Crippen LogP contribution in [0.15, 0.2) is 0 Å². The lowest BCUT2D eigenvalue weighted by Crippen LogP contribution is -2.50. The number of rotatable bonds is 6. The maximum Gasteiger partial charge on any atom is 0.310 e. The monoisotopic (exact) mass is 297 g/mol. The van der Waals surface area contributed by atoms with E-state index in [1.165, 1.54) is 25.7 Å². The summed E-state index contributed by atoms with van der Waals surface area (Å²) in [5.41, 5.74) is 0.